The van der Waals surface area contributed by atoms with E-state index in [2.05, 4.69) is 10.6 Å². The van der Waals surface area contributed by atoms with E-state index in [9.17, 15) is 23.3 Å². The van der Waals surface area contributed by atoms with E-state index in [0.717, 1.165) is 16.9 Å². The number of nitro groups is 1. The first-order valence-electron chi connectivity index (χ1n) is 8.54. The topological polar surface area (TPSA) is 122 Å². The van der Waals surface area contributed by atoms with Crippen molar-refractivity contribution in [3.63, 3.8) is 0 Å². The summed E-state index contributed by atoms with van der Waals surface area (Å²) in [5.74, 6) is -0.346. The number of carbonyl (C=O) groups is 1. The van der Waals surface area contributed by atoms with Gasteiger partial charge in [0.1, 0.15) is 6.04 Å². The van der Waals surface area contributed by atoms with E-state index in [4.69, 9.17) is 0 Å². The number of hydrogen-bond acceptors (Lipinski definition) is 6. The van der Waals surface area contributed by atoms with Gasteiger partial charge < -0.3 is 10.6 Å². The Kier molecular flexibility index (Phi) is 6.68. The average molecular weight is 384 g/mol. The van der Waals surface area contributed by atoms with Gasteiger partial charge in [-0.3, -0.25) is 14.9 Å². The molecule has 1 saturated heterocycles. The highest BCUT2D eigenvalue weighted by atomic mass is 32.2. The Balaban J connectivity index is 2.16. The van der Waals surface area contributed by atoms with E-state index in [1.165, 1.54) is 18.2 Å². The van der Waals surface area contributed by atoms with Crippen LogP contribution in [-0.2, 0) is 14.8 Å². The molecule has 1 unspecified atom stereocenters. The van der Waals surface area contributed by atoms with Crippen molar-refractivity contribution >= 4 is 21.6 Å². The summed E-state index contributed by atoms with van der Waals surface area (Å²) >= 11 is 0. The lowest BCUT2D eigenvalue weighted by Gasteiger charge is -2.24. The minimum absolute atomic E-state index is 0.0761. The molecule has 1 aromatic carbocycles. The summed E-state index contributed by atoms with van der Waals surface area (Å²) in [5, 5.41) is 16.8. The molecule has 0 spiro atoms. The van der Waals surface area contributed by atoms with E-state index in [1.54, 1.807) is 0 Å². The molecule has 1 heterocycles. The average Bonchev–Trinajstić information content (AvgIpc) is 3.10. The Morgan fingerprint density at radius 2 is 2.19 bits per heavy atom. The van der Waals surface area contributed by atoms with Gasteiger partial charge in [0, 0.05) is 31.3 Å². The van der Waals surface area contributed by atoms with Gasteiger partial charge >= 0.3 is 0 Å². The summed E-state index contributed by atoms with van der Waals surface area (Å²) in [7, 11) is -3.99. The van der Waals surface area contributed by atoms with Crippen molar-refractivity contribution in [1.29, 1.82) is 0 Å². The molecule has 0 aromatic heterocycles. The lowest BCUT2D eigenvalue weighted by molar-refractivity contribution is -0.385. The first-order valence-corrected chi connectivity index (χ1v) is 9.98. The highest BCUT2D eigenvalue weighted by Gasteiger charge is 2.39. The van der Waals surface area contributed by atoms with Gasteiger partial charge in [0.05, 0.1) is 9.82 Å². The second-order valence-corrected chi connectivity index (χ2v) is 8.12. The summed E-state index contributed by atoms with van der Waals surface area (Å²) in [6.07, 6.45) is 0.991. The molecule has 1 amide bonds. The summed E-state index contributed by atoms with van der Waals surface area (Å²) in [4.78, 5) is 22.6. The van der Waals surface area contributed by atoms with Crippen LogP contribution in [0.3, 0.4) is 0 Å². The molecule has 2 rings (SSSR count). The summed E-state index contributed by atoms with van der Waals surface area (Å²) in [6, 6.07) is 4.17. The minimum atomic E-state index is -3.99. The maximum atomic E-state index is 12.9. The lowest BCUT2D eigenvalue weighted by Crippen LogP contribution is -2.48. The standard InChI is InChI=1S/C16H24N4O5S/c1-3-17-12(2)11-18-16(21)15-8-5-9-19(15)26(24,25)14-7-4-6-13(10-14)20(22)23/h4,6-7,10,12,15,17H,3,5,8-9,11H2,1-2H3,(H,18,21)/t12-,15?/m1/s1. The molecule has 2 N–H and O–H groups in total. The van der Waals surface area contributed by atoms with Gasteiger partial charge in [-0.1, -0.05) is 13.0 Å². The first kappa shape index (κ1) is 20.3. The van der Waals surface area contributed by atoms with Gasteiger partial charge in [0.25, 0.3) is 5.69 Å². The van der Waals surface area contributed by atoms with Crippen LogP contribution in [-0.4, -0.2) is 55.3 Å². The fourth-order valence-corrected chi connectivity index (χ4v) is 4.67. The molecule has 1 aromatic rings. The smallest absolute Gasteiger partial charge is 0.270 e. The van der Waals surface area contributed by atoms with Crippen molar-refractivity contribution in [3.8, 4) is 0 Å². The number of sulfonamides is 1. The third-order valence-electron chi connectivity index (χ3n) is 4.28. The molecule has 0 aliphatic carbocycles. The molecule has 2 atom stereocenters. The molecular formula is C16H24N4O5S. The first-order chi connectivity index (χ1) is 12.3. The van der Waals surface area contributed by atoms with Crippen molar-refractivity contribution in [2.45, 2.75) is 43.7 Å². The molecule has 10 heteroatoms. The lowest BCUT2D eigenvalue weighted by atomic mass is 10.2. The van der Waals surface area contributed by atoms with Crippen molar-refractivity contribution in [1.82, 2.24) is 14.9 Å². The Bertz CT molecular complexity index is 768. The zero-order valence-corrected chi connectivity index (χ0v) is 15.7. The predicted octanol–water partition coefficient (Wildman–Crippen LogP) is 0.862. The number of rotatable bonds is 8. The molecule has 1 fully saturated rings. The van der Waals surface area contributed by atoms with E-state index in [0.29, 0.717) is 19.4 Å². The van der Waals surface area contributed by atoms with Gasteiger partial charge in [-0.15, -0.1) is 0 Å². The Morgan fingerprint density at radius 3 is 2.85 bits per heavy atom. The van der Waals surface area contributed by atoms with E-state index < -0.39 is 21.0 Å². The molecule has 0 bridgehead atoms. The number of nitrogens with zero attached hydrogens (tertiary/aromatic N) is 2. The molecule has 0 radical (unpaired) electrons. The van der Waals surface area contributed by atoms with Crippen molar-refractivity contribution in [2.24, 2.45) is 0 Å². The Labute approximate surface area is 153 Å². The monoisotopic (exact) mass is 384 g/mol. The molecule has 1 aliphatic rings. The van der Waals surface area contributed by atoms with Crippen molar-refractivity contribution in [3.05, 3.63) is 34.4 Å². The fraction of sp³-hybridized carbons (Fsp3) is 0.562. The van der Waals surface area contributed by atoms with Crippen LogP contribution in [0.15, 0.2) is 29.2 Å². The third-order valence-corrected chi connectivity index (χ3v) is 6.18. The second-order valence-electron chi connectivity index (χ2n) is 6.23. The normalized spacial score (nSPS) is 19.2. The maximum absolute atomic E-state index is 12.9. The molecule has 9 nitrogen and oxygen atoms in total. The van der Waals surface area contributed by atoms with Gasteiger partial charge in [0.2, 0.25) is 15.9 Å². The highest BCUT2D eigenvalue weighted by molar-refractivity contribution is 7.89. The van der Waals surface area contributed by atoms with Crippen LogP contribution < -0.4 is 10.6 Å². The van der Waals surface area contributed by atoms with Crippen LogP contribution in [0, 0.1) is 10.1 Å². The largest absolute Gasteiger partial charge is 0.353 e. The van der Waals surface area contributed by atoms with Gasteiger partial charge in [0.15, 0.2) is 0 Å². The molecule has 0 saturated carbocycles. The highest BCUT2D eigenvalue weighted by Crippen LogP contribution is 2.28. The van der Waals surface area contributed by atoms with Crippen LogP contribution in [0.1, 0.15) is 26.7 Å². The number of nitro benzene ring substituents is 1. The van der Waals surface area contributed by atoms with Crippen LogP contribution in [0.4, 0.5) is 5.69 Å². The summed E-state index contributed by atoms with van der Waals surface area (Å²) in [5.41, 5.74) is -0.300. The van der Waals surface area contributed by atoms with Crippen LogP contribution in [0.5, 0.6) is 0 Å². The van der Waals surface area contributed by atoms with Gasteiger partial charge in [-0.2, -0.15) is 4.31 Å². The van der Waals surface area contributed by atoms with E-state index >= 15 is 0 Å². The van der Waals surface area contributed by atoms with Crippen molar-refractivity contribution < 1.29 is 18.1 Å². The zero-order chi connectivity index (χ0) is 19.3. The number of non-ortho nitro benzene ring substituents is 1. The Hall–Kier alpha value is -2.04. The SMILES string of the molecule is CCN[C@H](C)CNC(=O)C1CCCN1S(=O)(=O)c1cccc([N+](=O)[O-])c1. The molecule has 26 heavy (non-hydrogen) atoms. The number of carbonyl (C=O) groups excluding carboxylic acids is 1. The van der Waals surface area contributed by atoms with Gasteiger partial charge in [-0.05, 0) is 32.4 Å². The van der Waals surface area contributed by atoms with Crippen LogP contribution in [0.25, 0.3) is 0 Å². The number of nitrogens with one attached hydrogen (secondary N) is 2. The van der Waals surface area contributed by atoms with E-state index in [1.807, 2.05) is 13.8 Å². The van der Waals surface area contributed by atoms with Crippen LogP contribution in [0.2, 0.25) is 0 Å². The maximum Gasteiger partial charge on any atom is 0.270 e. The van der Waals surface area contributed by atoms with Gasteiger partial charge in [-0.25, -0.2) is 8.42 Å². The van der Waals surface area contributed by atoms with Crippen LogP contribution >= 0.6 is 0 Å². The number of amides is 1. The summed E-state index contributed by atoms with van der Waals surface area (Å²) in [6.45, 7) is 5.27. The second kappa shape index (κ2) is 8.56. The predicted molar refractivity (Wildman–Crippen MR) is 96.2 cm³/mol. The zero-order valence-electron chi connectivity index (χ0n) is 14.8. The molecule has 1 aliphatic heterocycles. The fourth-order valence-electron chi connectivity index (χ4n) is 2.97. The minimum Gasteiger partial charge on any atom is -0.353 e. The number of hydrogen-bond donors (Lipinski definition) is 2. The summed E-state index contributed by atoms with van der Waals surface area (Å²) < 4.78 is 26.9. The quantitative estimate of drug-likeness (QED) is 0.506. The number of benzene rings is 1. The van der Waals surface area contributed by atoms with Crippen molar-refractivity contribution in [2.75, 3.05) is 19.6 Å². The molecule has 144 valence electrons. The number of likely N-dealkylation sites (N-methyl/N-ethyl adjacent to an activating group) is 1. The van der Waals surface area contributed by atoms with E-state index in [-0.39, 0.29) is 29.1 Å². The third kappa shape index (κ3) is 4.57. The Morgan fingerprint density at radius 1 is 1.46 bits per heavy atom. The molecular weight excluding hydrogens is 360 g/mol.